The molecule has 1 aliphatic heterocycles. The molecule has 0 bridgehead atoms. The van der Waals surface area contributed by atoms with Crippen molar-refractivity contribution in [1.29, 1.82) is 0 Å². The van der Waals surface area contributed by atoms with Crippen LogP contribution in [-0.4, -0.2) is 66.2 Å². The summed E-state index contributed by atoms with van der Waals surface area (Å²) in [5.41, 5.74) is 0. The Bertz CT molecular complexity index is 476. The highest BCUT2D eigenvalue weighted by molar-refractivity contribution is 5.81. The van der Waals surface area contributed by atoms with Crippen molar-refractivity contribution in [3.63, 3.8) is 0 Å². The van der Waals surface area contributed by atoms with Gasteiger partial charge in [-0.1, -0.05) is 12.1 Å². The zero-order valence-corrected chi connectivity index (χ0v) is 12.2. The van der Waals surface area contributed by atoms with Crippen LogP contribution in [0.15, 0.2) is 24.3 Å². The molecule has 1 aromatic carbocycles. The summed E-state index contributed by atoms with van der Waals surface area (Å²) >= 11 is 0. The second-order valence-electron chi connectivity index (χ2n) is 5.08. The van der Waals surface area contributed by atoms with E-state index < -0.39 is 11.9 Å². The van der Waals surface area contributed by atoms with E-state index >= 15 is 0 Å². The first-order valence-electron chi connectivity index (χ1n) is 7.15. The van der Waals surface area contributed by atoms with Gasteiger partial charge in [-0.2, -0.15) is 0 Å². The summed E-state index contributed by atoms with van der Waals surface area (Å²) in [6.07, 6.45) is -0.716. The topological polar surface area (TPSA) is 53.0 Å². The van der Waals surface area contributed by atoms with Gasteiger partial charge in [-0.05, 0) is 19.1 Å². The van der Waals surface area contributed by atoms with E-state index in [-0.39, 0.29) is 18.3 Å². The lowest BCUT2D eigenvalue weighted by atomic mass is 10.2. The molecule has 21 heavy (non-hydrogen) atoms. The van der Waals surface area contributed by atoms with Crippen molar-refractivity contribution in [3.8, 4) is 5.75 Å². The number of hydrogen-bond donors (Lipinski definition) is 1. The Morgan fingerprint density at radius 3 is 2.62 bits per heavy atom. The summed E-state index contributed by atoms with van der Waals surface area (Å²) in [5, 5.41) is 8.89. The van der Waals surface area contributed by atoms with Gasteiger partial charge in [-0.25, -0.2) is 4.39 Å². The molecule has 1 aromatic rings. The van der Waals surface area contributed by atoms with Gasteiger partial charge < -0.3 is 14.7 Å². The van der Waals surface area contributed by atoms with E-state index in [4.69, 9.17) is 9.84 Å². The van der Waals surface area contributed by atoms with Gasteiger partial charge in [0.15, 0.2) is 17.7 Å². The Labute approximate surface area is 123 Å². The number of amides is 1. The van der Waals surface area contributed by atoms with Crippen molar-refractivity contribution in [1.82, 2.24) is 9.80 Å². The molecule has 1 heterocycles. The number of β-amino-alcohol motifs (C(OH)–C–C–N with tert-alkyl or cyclic N) is 1. The molecule has 1 amide bonds. The second kappa shape index (κ2) is 7.38. The maximum Gasteiger partial charge on any atom is 0.263 e. The average Bonchev–Trinajstić information content (AvgIpc) is 2.50. The fourth-order valence-electron chi connectivity index (χ4n) is 2.37. The molecular weight excluding hydrogens is 275 g/mol. The number of carbonyl (C=O) groups excluding carboxylic acids is 1. The number of ether oxygens (including phenoxy) is 1. The fraction of sp³-hybridized carbons (Fsp3) is 0.533. The minimum Gasteiger partial charge on any atom is -0.478 e. The van der Waals surface area contributed by atoms with E-state index in [0.29, 0.717) is 19.6 Å². The minimum absolute atomic E-state index is 0.0947. The van der Waals surface area contributed by atoms with Crippen LogP contribution in [0.4, 0.5) is 4.39 Å². The molecule has 0 aromatic heterocycles. The number of carbonyl (C=O) groups is 1. The van der Waals surface area contributed by atoms with Gasteiger partial charge in [0.1, 0.15) is 0 Å². The number of benzene rings is 1. The molecule has 1 aliphatic rings. The molecule has 1 unspecified atom stereocenters. The summed E-state index contributed by atoms with van der Waals surface area (Å²) in [6, 6.07) is 6.07. The zero-order chi connectivity index (χ0) is 15.2. The Kier molecular flexibility index (Phi) is 5.52. The molecule has 0 aliphatic carbocycles. The quantitative estimate of drug-likeness (QED) is 0.870. The van der Waals surface area contributed by atoms with E-state index in [2.05, 4.69) is 4.90 Å². The summed E-state index contributed by atoms with van der Waals surface area (Å²) in [6.45, 7) is 5.06. The third kappa shape index (κ3) is 4.15. The summed E-state index contributed by atoms with van der Waals surface area (Å²) < 4.78 is 18.9. The van der Waals surface area contributed by atoms with E-state index in [1.54, 1.807) is 24.0 Å². The fourth-order valence-corrected chi connectivity index (χ4v) is 2.37. The zero-order valence-electron chi connectivity index (χ0n) is 12.2. The Morgan fingerprint density at radius 2 is 2.00 bits per heavy atom. The molecule has 116 valence electrons. The van der Waals surface area contributed by atoms with Crippen LogP contribution in [0.2, 0.25) is 0 Å². The molecular formula is C15H21FN2O3. The van der Waals surface area contributed by atoms with Crippen LogP contribution in [0.5, 0.6) is 5.75 Å². The number of rotatable bonds is 5. The van der Waals surface area contributed by atoms with Crippen molar-refractivity contribution in [2.24, 2.45) is 0 Å². The van der Waals surface area contributed by atoms with Gasteiger partial charge in [0, 0.05) is 32.7 Å². The predicted octanol–water partition coefficient (Wildman–Crippen LogP) is 0.730. The number of para-hydroxylation sites is 1. The monoisotopic (exact) mass is 296 g/mol. The van der Waals surface area contributed by atoms with Crippen LogP contribution < -0.4 is 4.74 Å². The third-order valence-electron chi connectivity index (χ3n) is 3.59. The average molecular weight is 296 g/mol. The molecule has 1 fully saturated rings. The van der Waals surface area contributed by atoms with Crippen molar-refractivity contribution in [2.75, 3.05) is 39.3 Å². The highest BCUT2D eigenvalue weighted by Crippen LogP contribution is 2.18. The standard InChI is InChI=1S/C15H21FN2O3/c1-12(21-14-5-3-2-4-13(14)16)15(20)18-8-6-17(7-9-18)10-11-19/h2-5,12,19H,6-11H2,1H3. The van der Waals surface area contributed by atoms with Crippen molar-refractivity contribution < 1.29 is 19.0 Å². The maximum absolute atomic E-state index is 13.5. The van der Waals surface area contributed by atoms with Crippen molar-refractivity contribution in [3.05, 3.63) is 30.1 Å². The van der Waals surface area contributed by atoms with Crippen LogP contribution >= 0.6 is 0 Å². The molecule has 2 rings (SSSR count). The lowest BCUT2D eigenvalue weighted by Gasteiger charge is -2.35. The first-order valence-corrected chi connectivity index (χ1v) is 7.15. The van der Waals surface area contributed by atoms with Crippen LogP contribution in [0, 0.1) is 5.82 Å². The number of halogens is 1. The number of piperazine rings is 1. The van der Waals surface area contributed by atoms with Crippen LogP contribution in [0.3, 0.4) is 0 Å². The lowest BCUT2D eigenvalue weighted by Crippen LogP contribution is -2.52. The van der Waals surface area contributed by atoms with Gasteiger partial charge in [-0.3, -0.25) is 9.69 Å². The van der Waals surface area contributed by atoms with Gasteiger partial charge in [0.05, 0.1) is 6.61 Å². The van der Waals surface area contributed by atoms with E-state index in [0.717, 1.165) is 13.1 Å². The predicted molar refractivity (Wildman–Crippen MR) is 76.6 cm³/mol. The first-order chi connectivity index (χ1) is 10.1. The SMILES string of the molecule is CC(Oc1ccccc1F)C(=O)N1CCN(CCO)CC1. The number of nitrogens with zero attached hydrogens (tertiary/aromatic N) is 2. The van der Waals surface area contributed by atoms with Gasteiger partial charge in [0.2, 0.25) is 0 Å². The summed E-state index contributed by atoms with van der Waals surface area (Å²) in [5.74, 6) is -0.510. The van der Waals surface area contributed by atoms with Crippen LogP contribution in [0.25, 0.3) is 0 Å². The van der Waals surface area contributed by atoms with Crippen LogP contribution in [-0.2, 0) is 4.79 Å². The molecule has 5 nitrogen and oxygen atoms in total. The van der Waals surface area contributed by atoms with Gasteiger partial charge in [-0.15, -0.1) is 0 Å². The molecule has 0 radical (unpaired) electrons. The largest absolute Gasteiger partial charge is 0.478 e. The normalized spacial score (nSPS) is 17.6. The number of aliphatic hydroxyl groups is 1. The van der Waals surface area contributed by atoms with Gasteiger partial charge in [0.25, 0.3) is 5.91 Å². The smallest absolute Gasteiger partial charge is 0.263 e. The molecule has 1 atom stereocenters. The number of aliphatic hydroxyl groups excluding tert-OH is 1. The molecule has 6 heteroatoms. The molecule has 1 saturated heterocycles. The minimum atomic E-state index is -0.716. The Hall–Kier alpha value is -1.66. The highest BCUT2D eigenvalue weighted by atomic mass is 19.1. The number of hydrogen-bond acceptors (Lipinski definition) is 4. The lowest BCUT2D eigenvalue weighted by molar-refractivity contribution is -0.139. The van der Waals surface area contributed by atoms with Crippen LogP contribution in [0.1, 0.15) is 6.92 Å². The summed E-state index contributed by atoms with van der Waals surface area (Å²) in [4.78, 5) is 16.1. The molecule has 1 N–H and O–H groups in total. The molecule has 0 saturated carbocycles. The summed E-state index contributed by atoms with van der Waals surface area (Å²) in [7, 11) is 0. The Balaban J connectivity index is 1.87. The van der Waals surface area contributed by atoms with E-state index in [1.165, 1.54) is 12.1 Å². The molecule has 0 spiro atoms. The third-order valence-corrected chi connectivity index (χ3v) is 3.59. The highest BCUT2D eigenvalue weighted by Gasteiger charge is 2.26. The second-order valence-corrected chi connectivity index (χ2v) is 5.08. The first kappa shape index (κ1) is 15.7. The Morgan fingerprint density at radius 1 is 1.33 bits per heavy atom. The van der Waals surface area contributed by atoms with Crippen molar-refractivity contribution in [2.45, 2.75) is 13.0 Å². The van der Waals surface area contributed by atoms with E-state index in [9.17, 15) is 9.18 Å². The van der Waals surface area contributed by atoms with Crippen molar-refractivity contribution >= 4 is 5.91 Å². The van der Waals surface area contributed by atoms with Gasteiger partial charge >= 0.3 is 0 Å². The maximum atomic E-state index is 13.5. The van der Waals surface area contributed by atoms with E-state index in [1.807, 2.05) is 0 Å².